The van der Waals surface area contributed by atoms with E-state index in [-0.39, 0.29) is 11.8 Å². The number of Topliss-reactive ketones (excluding diaryl/α,β-unsaturated/α-hetero) is 1. The molecule has 0 bridgehead atoms. The van der Waals surface area contributed by atoms with Gasteiger partial charge in [0.2, 0.25) is 0 Å². The summed E-state index contributed by atoms with van der Waals surface area (Å²) in [5.74, 6) is 0.140. The molecule has 3 aromatic rings. The molecule has 0 spiro atoms. The molecular weight excluding hydrogens is 437 g/mol. The monoisotopic (exact) mass is 451 g/mol. The predicted octanol–water partition coefficient (Wildman–Crippen LogP) is 6.57. The van der Waals surface area contributed by atoms with Gasteiger partial charge < -0.3 is 4.90 Å². The lowest BCUT2D eigenvalue weighted by atomic mass is 9.85. The number of hydrogen-bond donors (Lipinski definition) is 0. The number of anilines is 1. The highest BCUT2D eigenvalue weighted by Crippen LogP contribution is 2.52. The smallest absolute Gasteiger partial charge is 0.174 e. The van der Waals surface area contributed by atoms with E-state index in [1.54, 1.807) is 11.8 Å². The van der Waals surface area contributed by atoms with Crippen molar-refractivity contribution in [1.29, 1.82) is 0 Å². The lowest BCUT2D eigenvalue weighted by molar-refractivity contribution is -0.116. The zero-order valence-corrected chi connectivity index (χ0v) is 18.1. The van der Waals surface area contributed by atoms with E-state index in [9.17, 15) is 4.79 Å². The molecule has 0 saturated heterocycles. The standard InChI is InChI=1S/C23H15Cl2N3OS/c24-13-8-9-17-19(11-13)30-23-27-16-6-3-7-18(29)20(16)21(28(17)23)14-10-12-4-1-2-5-15(12)26-22(14)25/h1-2,4-5,8-11,21H,3,6-7H2. The molecule has 30 heavy (non-hydrogen) atoms. The zero-order valence-electron chi connectivity index (χ0n) is 15.7. The van der Waals surface area contributed by atoms with Crippen LogP contribution in [0.15, 0.2) is 69.7 Å². The number of ketones is 1. The van der Waals surface area contributed by atoms with Crippen LogP contribution in [0.25, 0.3) is 10.9 Å². The lowest BCUT2D eigenvalue weighted by Gasteiger charge is -2.37. The van der Waals surface area contributed by atoms with Crippen molar-refractivity contribution in [2.24, 2.45) is 4.99 Å². The molecule has 7 heteroatoms. The molecule has 1 aromatic heterocycles. The molecule has 0 radical (unpaired) electrons. The number of carbonyl (C=O) groups excluding carboxylic acids is 1. The van der Waals surface area contributed by atoms with E-state index in [0.717, 1.165) is 56.3 Å². The molecule has 6 rings (SSSR count). The van der Waals surface area contributed by atoms with Crippen LogP contribution in [0, 0.1) is 0 Å². The second-order valence-corrected chi connectivity index (χ2v) is 9.38. The van der Waals surface area contributed by atoms with Crippen LogP contribution in [-0.4, -0.2) is 15.9 Å². The van der Waals surface area contributed by atoms with Gasteiger partial charge in [-0.05, 0) is 54.9 Å². The van der Waals surface area contributed by atoms with Crippen LogP contribution in [-0.2, 0) is 4.79 Å². The van der Waals surface area contributed by atoms with E-state index < -0.39 is 0 Å². The maximum Gasteiger partial charge on any atom is 0.174 e. The number of allylic oxidation sites excluding steroid dienone is 1. The molecule has 1 aliphatic carbocycles. The number of pyridine rings is 1. The highest BCUT2D eigenvalue weighted by atomic mass is 35.5. The van der Waals surface area contributed by atoms with Crippen LogP contribution in [0.5, 0.6) is 0 Å². The number of aliphatic imine (C=N–C) groups is 1. The van der Waals surface area contributed by atoms with Crippen LogP contribution >= 0.6 is 35.0 Å². The first-order valence-corrected chi connectivity index (χ1v) is 11.3. The Kier molecular flexibility index (Phi) is 4.20. The second-order valence-electron chi connectivity index (χ2n) is 7.58. The van der Waals surface area contributed by atoms with Gasteiger partial charge in [0.1, 0.15) is 5.15 Å². The summed E-state index contributed by atoms with van der Waals surface area (Å²) in [7, 11) is 0. The average Bonchev–Trinajstić information content (AvgIpc) is 3.09. The predicted molar refractivity (Wildman–Crippen MR) is 123 cm³/mol. The fourth-order valence-electron chi connectivity index (χ4n) is 4.46. The molecule has 0 amide bonds. The van der Waals surface area contributed by atoms with E-state index >= 15 is 0 Å². The number of thioether (sulfide) groups is 1. The van der Waals surface area contributed by atoms with Crippen molar-refractivity contribution in [2.45, 2.75) is 30.2 Å². The zero-order chi connectivity index (χ0) is 20.4. The van der Waals surface area contributed by atoms with E-state index in [1.807, 2.05) is 42.5 Å². The summed E-state index contributed by atoms with van der Waals surface area (Å²) in [6.45, 7) is 0. The molecule has 4 nitrogen and oxygen atoms in total. The minimum atomic E-state index is -0.347. The molecule has 3 aliphatic rings. The summed E-state index contributed by atoms with van der Waals surface area (Å²) in [5, 5.41) is 2.94. The maximum atomic E-state index is 13.1. The van der Waals surface area contributed by atoms with Crippen molar-refractivity contribution in [2.75, 3.05) is 4.90 Å². The third-order valence-corrected chi connectivity index (χ3v) is 7.33. The number of para-hydroxylation sites is 1. The SMILES string of the molecule is O=C1CCCC2=C1C(c1cc3ccccc3nc1Cl)N1C(=N2)Sc2cc(Cl)ccc21. The molecule has 2 aromatic carbocycles. The summed E-state index contributed by atoms with van der Waals surface area (Å²) < 4.78 is 0. The van der Waals surface area contributed by atoms with Crippen molar-refractivity contribution in [3.63, 3.8) is 0 Å². The van der Waals surface area contributed by atoms with Gasteiger partial charge in [0.05, 0.1) is 22.9 Å². The van der Waals surface area contributed by atoms with Crippen molar-refractivity contribution in [1.82, 2.24) is 4.98 Å². The normalized spacial score (nSPS) is 20.2. The van der Waals surface area contributed by atoms with Gasteiger partial charge in [-0.25, -0.2) is 9.98 Å². The van der Waals surface area contributed by atoms with Crippen LogP contribution in [0.4, 0.5) is 5.69 Å². The Balaban J connectivity index is 1.62. The molecule has 1 unspecified atom stereocenters. The van der Waals surface area contributed by atoms with Crippen LogP contribution in [0.2, 0.25) is 10.2 Å². The number of amidine groups is 1. The number of rotatable bonds is 1. The third kappa shape index (κ3) is 2.73. The minimum absolute atomic E-state index is 0.140. The van der Waals surface area contributed by atoms with Gasteiger partial charge in [0.15, 0.2) is 11.0 Å². The van der Waals surface area contributed by atoms with Gasteiger partial charge in [-0.2, -0.15) is 0 Å². The summed E-state index contributed by atoms with van der Waals surface area (Å²) in [6, 6.07) is 15.4. The van der Waals surface area contributed by atoms with Gasteiger partial charge in [-0.15, -0.1) is 0 Å². The molecular formula is C23H15Cl2N3OS. The summed E-state index contributed by atoms with van der Waals surface area (Å²) in [4.78, 5) is 25.8. The van der Waals surface area contributed by atoms with Gasteiger partial charge in [-0.1, -0.05) is 41.4 Å². The number of nitrogens with zero attached hydrogens (tertiary/aromatic N) is 3. The van der Waals surface area contributed by atoms with Crippen LogP contribution < -0.4 is 4.90 Å². The first-order valence-electron chi connectivity index (χ1n) is 9.77. The van der Waals surface area contributed by atoms with Crippen molar-refractivity contribution in [3.05, 3.63) is 75.5 Å². The molecule has 0 saturated carbocycles. The minimum Gasteiger partial charge on any atom is -0.308 e. The molecule has 3 heterocycles. The number of aromatic nitrogens is 1. The highest BCUT2D eigenvalue weighted by molar-refractivity contribution is 8.14. The molecule has 0 N–H and O–H groups in total. The molecule has 1 atom stereocenters. The average molecular weight is 452 g/mol. The van der Waals surface area contributed by atoms with Gasteiger partial charge in [-0.3, -0.25) is 4.79 Å². The number of halogens is 2. The maximum absolute atomic E-state index is 13.1. The van der Waals surface area contributed by atoms with Crippen molar-refractivity contribution < 1.29 is 4.79 Å². The Hall–Kier alpha value is -2.34. The van der Waals surface area contributed by atoms with Crippen molar-refractivity contribution >= 4 is 62.5 Å². The van der Waals surface area contributed by atoms with E-state index in [0.29, 0.717) is 16.6 Å². The fraction of sp³-hybridized carbons (Fsp3) is 0.174. The molecule has 0 fully saturated rings. The second kappa shape index (κ2) is 6.84. The Morgan fingerprint density at radius 2 is 1.93 bits per heavy atom. The Morgan fingerprint density at radius 1 is 1.07 bits per heavy atom. The van der Waals surface area contributed by atoms with Crippen LogP contribution in [0.1, 0.15) is 30.9 Å². The van der Waals surface area contributed by atoms with E-state index in [4.69, 9.17) is 28.2 Å². The number of benzene rings is 2. The summed E-state index contributed by atoms with van der Waals surface area (Å²) in [6.07, 6.45) is 2.16. The van der Waals surface area contributed by atoms with Crippen molar-refractivity contribution in [3.8, 4) is 0 Å². The number of hydrogen-bond acceptors (Lipinski definition) is 5. The Morgan fingerprint density at radius 3 is 2.83 bits per heavy atom. The fourth-order valence-corrected chi connectivity index (χ4v) is 6.06. The third-order valence-electron chi connectivity index (χ3n) is 5.78. The number of fused-ring (bicyclic) bond motifs is 4. The first-order chi connectivity index (χ1) is 14.6. The quantitative estimate of drug-likeness (QED) is 0.392. The van der Waals surface area contributed by atoms with Gasteiger partial charge in [0.25, 0.3) is 0 Å². The molecule has 2 aliphatic heterocycles. The largest absolute Gasteiger partial charge is 0.308 e. The van der Waals surface area contributed by atoms with Gasteiger partial charge >= 0.3 is 0 Å². The highest BCUT2D eigenvalue weighted by Gasteiger charge is 2.43. The first kappa shape index (κ1) is 18.4. The number of carbonyl (C=O) groups is 1. The summed E-state index contributed by atoms with van der Waals surface area (Å²) in [5.41, 5.74) is 4.27. The lowest BCUT2D eigenvalue weighted by Crippen LogP contribution is -2.38. The van der Waals surface area contributed by atoms with Gasteiger partial charge in [0, 0.05) is 32.9 Å². The van der Waals surface area contributed by atoms with E-state index in [1.165, 1.54) is 0 Å². The van der Waals surface area contributed by atoms with Crippen LogP contribution in [0.3, 0.4) is 0 Å². The van der Waals surface area contributed by atoms with E-state index in [2.05, 4.69) is 16.0 Å². The summed E-state index contributed by atoms with van der Waals surface area (Å²) >= 11 is 14.5. The molecule has 148 valence electrons. The topological polar surface area (TPSA) is 45.6 Å². The Labute approximate surface area is 187 Å². The Bertz CT molecular complexity index is 1320.